The van der Waals surface area contributed by atoms with Crippen molar-refractivity contribution in [2.24, 2.45) is 0 Å². The van der Waals surface area contributed by atoms with Gasteiger partial charge in [0.15, 0.2) is 6.61 Å². The summed E-state index contributed by atoms with van der Waals surface area (Å²) in [5.41, 5.74) is 1.10. The van der Waals surface area contributed by atoms with Crippen molar-refractivity contribution in [3.05, 3.63) is 57.6 Å². The number of benzene rings is 2. The summed E-state index contributed by atoms with van der Waals surface area (Å²) in [6, 6.07) is 9.29. The van der Waals surface area contributed by atoms with Crippen LogP contribution in [0.15, 0.2) is 36.4 Å². The highest BCUT2D eigenvalue weighted by Crippen LogP contribution is 2.29. The number of aryl methyl sites for hydroxylation is 1. The van der Waals surface area contributed by atoms with Crippen molar-refractivity contribution in [1.29, 1.82) is 0 Å². The van der Waals surface area contributed by atoms with Crippen LogP contribution in [-0.2, 0) is 9.53 Å². The van der Waals surface area contributed by atoms with E-state index in [9.17, 15) is 14.7 Å². The van der Waals surface area contributed by atoms with Gasteiger partial charge in [-0.3, -0.25) is 4.79 Å². The van der Waals surface area contributed by atoms with Gasteiger partial charge in [0, 0.05) is 0 Å². The number of phenolic OH excluding ortho intramolecular Hbond substituents is 1. The van der Waals surface area contributed by atoms with E-state index in [1.807, 2.05) is 0 Å². The minimum atomic E-state index is -0.793. The van der Waals surface area contributed by atoms with Gasteiger partial charge in [0.05, 0.1) is 15.7 Å². The molecule has 2 aromatic carbocycles. The highest BCUT2D eigenvalue weighted by Gasteiger charge is 2.15. The summed E-state index contributed by atoms with van der Waals surface area (Å²) in [7, 11) is 0. The molecule has 2 rings (SSSR count). The molecule has 120 valence electrons. The highest BCUT2D eigenvalue weighted by molar-refractivity contribution is 6.44. The second-order valence-electron chi connectivity index (χ2n) is 4.75. The molecule has 0 atom stereocenters. The molecule has 23 heavy (non-hydrogen) atoms. The highest BCUT2D eigenvalue weighted by atomic mass is 35.5. The van der Waals surface area contributed by atoms with Gasteiger partial charge in [-0.1, -0.05) is 40.9 Å². The maximum absolute atomic E-state index is 11.9. The Morgan fingerprint density at radius 1 is 1.22 bits per heavy atom. The molecule has 5 nitrogen and oxygen atoms in total. The van der Waals surface area contributed by atoms with Crippen LogP contribution in [0.25, 0.3) is 0 Å². The van der Waals surface area contributed by atoms with Gasteiger partial charge >= 0.3 is 5.97 Å². The van der Waals surface area contributed by atoms with Crippen LogP contribution in [-0.4, -0.2) is 23.6 Å². The minimum absolute atomic E-state index is 0.00131. The predicted octanol–water partition coefficient (Wildman–Crippen LogP) is 3.80. The van der Waals surface area contributed by atoms with E-state index in [1.54, 1.807) is 31.2 Å². The first-order valence-electron chi connectivity index (χ1n) is 6.59. The molecule has 0 aliphatic carbocycles. The molecule has 0 radical (unpaired) electrons. The number of hydrogen-bond acceptors (Lipinski definition) is 4. The van der Waals surface area contributed by atoms with Crippen LogP contribution in [0.5, 0.6) is 5.75 Å². The van der Waals surface area contributed by atoms with Crippen molar-refractivity contribution in [2.75, 3.05) is 11.9 Å². The van der Waals surface area contributed by atoms with Crippen LogP contribution >= 0.6 is 23.2 Å². The fraction of sp³-hybridized carbons (Fsp3) is 0.125. The number of esters is 1. The van der Waals surface area contributed by atoms with E-state index >= 15 is 0 Å². The number of rotatable bonds is 4. The van der Waals surface area contributed by atoms with Gasteiger partial charge in [-0.25, -0.2) is 4.79 Å². The van der Waals surface area contributed by atoms with Crippen LogP contribution in [0.4, 0.5) is 5.69 Å². The molecule has 0 aromatic heterocycles. The first-order valence-corrected chi connectivity index (χ1v) is 7.34. The summed E-state index contributed by atoms with van der Waals surface area (Å²) in [6.45, 7) is 1.25. The molecule has 0 bridgehead atoms. The molecule has 0 unspecified atom stereocenters. The summed E-state index contributed by atoms with van der Waals surface area (Å²) >= 11 is 11.8. The fourth-order valence-electron chi connectivity index (χ4n) is 1.81. The number of nitrogens with one attached hydrogen (secondary N) is 1. The predicted molar refractivity (Wildman–Crippen MR) is 88.2 cm³/mol. The molecule has 2 N–H and O–H groups in total. The Morgan fingerprint density at radius 2 is 1.96 bits per heavy atom. The Labute approximate surface area is 142 Å². The molecule has 1 amide bonds. The summed E-state index contributed by atoms with van der Waals surface area (Å²) in [5.74, 6) is -1.58. The molecule has 0 heterocycles. The minimum Gasteiger partial charge on any atom is -0.507 e. The number of hydrogen-bond donors (Lipinski definition) is 2. The topological polar surface area (TPSA) is 75.6 Å². The van der Waals surface area contributed by atoms with Crippen LogP contribution in [0.3, 0.4) is 0 Å². The maximum atomic E-state index is 11.9. The van der Waals surface area contributed by atoms with Gasteiger partial charge < -0.3 is 15.2 Å². The van der Waals surface area contributed by atoms with Crippen LogP contribution in [0.2, 0.25) is 10.0 Å². The van der Waals surface area contributed by atoms with Crippen molar-refractivity contribution in [3.63, 3.8) is 0 Å². The summed E-state index contributed by atoms with van der Waals surface area (Å²) < 4.78 is 4.88. The summed E-state index contributed by atoms with van der Waals surface area (Å²) in [5, 5.41) is 12.6. The second kappa shape index (κ2) is 7.35. The molecule has 7 heteroatoms. The first-order chi connectivity index (χ1) is 10.9. The number of phenols is 1. The van der Waals surface area contributed by atoms with Gasteiger partial charge in [-0.05, 0) is 31.2 Å². The number of carbonyl (C=O) groups excluding carboxylic acids is 2. The average molecular weight is 354 g/mol. The van der Waals surface area contributed by atoms with Crippen molar-refractivity contribution < 1.29 is 19.4 Å². The van der Waals surface area contributed by atoms with E-state index in [0.29, 0.717) is 10.7 Å². The molecule has 0 saturated heterocycles. The fourth-order valence-corrected chi connectivity index (χ4v) is 2.16. The number of halogens is 2. The smallest absolute Gasteiger partial charge is 0.342 e. The average Bonchev–Trinajstić information content (AvgIpc) is 2.52. The third kappa shape index (κ3) is 4.37. The Morgan fingerprint density at radius 3 is 2.70 bits per heavy atom. The number of amides is 1. The lowest BCUT2D eigenvalue weighted by molar-refractivity contribution is -0.119. The Kier molecular flexibility index (Phi) is 5.47. The van der Waals surface area contributed by atoms with Crippen LogP contribution < -0.4 is 5.32 Å². The third-order valence-electron chi connectivity index (χ3n) is 2.93. The lowest BCUT2D eigenvalue weighted by Crippen LogP contribution is -2.21. The molecule has 0 fully saturated rings. The molecular weight excluding hydrogens is 341 g/mol. The number of ether oxygens (including phenoxy) is 1. The third-order valence-corrected chi connectivity index (χ3v) is 3.75. The number of aromatic hydroxyl groups is 1. The summed E-state index contributed by atoms with van der Waals surface area (Å²) in [4.78, 5) is 23.7. The van der Waals surface area contributed by atoms with Gasteiger partial charge in [-0.2, -0.15) is 0 Å². The van der Waals surface area contributed by atoms with Gasteiger partial charge in [0.1, 0.15) is 11.3 Å². The Balaban J connectivity index is 1.98. The van der Waals surface area contributed by atoms with Crippen molar-refractivity contribution >= 4 is 40.8 Å². The van der Waals surface area contributed by atoms with Gasteiger partial charge in [0.25, 0.3) is 5.91 Å². The van der Waals surface area contributed by atoms with E-state index in [4.69, 9.17) is 27.9 Å². The zero-order valence-corrected chi connectivity index (χ0v) is 13.6. The Hall–Kier alpha value is -2.24. The van der Waals surface area contributed by atoms with Gasteiger partial charge in [0.2, 0.25) is 0 Å². The standard InChI is InChI=1S/C16H13Cl2NO4/c1-9-5-6-13(20)10(7-9)16(22)23-8-14(21)19-12-4-2-3-11(17)15(12)18/h2-7,20H,8H2,1H3,(H,19,21). The normalized spacial score (nSPS) is 10.2. The zero-order chi connectivity index (χ0) is 17.0. The van der Waals surface area contributed by atoms with E-state index < -0.39 is 18.5 Å². The van der Waals surface area contributed by atoms with Crippen molar-refractivity contribution in [1.82, 2.24) is 0 Å². The molecular formula is C16H13Cl2NO4. The first kappa shape index (κ1) is 17.1. The molecule has 2 aromatic rings. The molecule has 0 spiro atoms. The molecule has 0 aliphatic heterocycles. The quantitative estimate of drug-likeness (QED) is 0.819. The van der Waals surface area contributed by atoms with Gasteiger partial charge in [-0.15, -0.1) is 0 Å². The van der Waals surface area contributed by atoms with E-state index in [1.165, 1.54) is 12.1 Å². The van der Waals surface area contributed by atoms with E-state index in [-0.39, 0.29) is 16.3 Å². The van der Waals surface area contributed by atoms with Crippen molar-refractivity contribution in [3.8, 4) is 5.75 Å². The monoisotopic (exact) mass is 353 g/mol. The summed E-state index contributed by atoms with van der Waals surface area (Å²) in [6.07, 6.45) is 0. The largest absolute Gasteiger partial charge is 0.507 e. The van der Waals surface area contributed by atoms with Crippen molar-refractivity contribution in [2.45, 2.75) is 6.92 Å². The molecule has 0 aliphatic rings. The zero-order valence-electron chi connectivity index (χ0n) is 12.1. The lowest BCUT2D eigenvalue weighted by atomic mass is 10.1. The number of carbonyl (C=O) groups is 2. The lowest BCUT2D eigenvalue weighted by Gasteiger charge is -2.09. The Bertz CT molecular complexity index is 762. The van der Waals surface area contributed by atoms with E-state index in [0.717, 1.165) is 5.56 Å². The SMILES string of the molecule is Cc1ccc(O)c(C(=O)OCC(=O)Nc2cccc(Cl)c2Cl)c1. The van der Waals surface area contributed by atoms with Crippen LogP contribution in [0, 0.1) is 6.92 Å². The maximum Gasteiger partial charge on any atom is 0.342 e. The van der Waals surface area contributed by atoms with Crippen LogP contribution in [0.1, 0.15) is 15.9 Å². The number of anilines is 1. The molecule has 0 saturated carbocycles. The van der Waals surface area contributed by atoms with E-state index in [2.05, 4.69) is 5.32 Å². The second-order valence-corrected chi connectivity index (χ2v) is 5.53.